The third-order valence-electron chi connectivity index (χ3n) is 3.78. The normalized spacial score (nSPS) is 17.3. The Morgan fingerprint density at radius 3 is 2.61 bits per heavy atom. The molecule has 0 aromatic heterocycles. The van der Waals surface area contributed by atoms with Gasteiger partial charge in [-0.05, 0) is 43.5 Å². The molecule has 1 fully saturated rings. The zero-order chi connectivity index (χ0) is 16.8. The van der Waals surface area contributed by atoms with Crippen LogP contribution in [-0.4, -0.2) is 36.0 Å². The minimum Gasteiger partial charge on any atom is -0.481 e. The zero-order valence-electron chi connectivity index (χ0n) is 12.6. The van der Waals surface area contributed by atoms with Crippen molar-refractivity contribution in [3.05, 3.63) is 30.1 Å². The Bertz CT molecular complexity index is 588. The van der Waals surface area contributed by atoms with E-state index in [4.69, 9.17) is 5.11 Å². The number of carboxylic acid groups (broad SMARTS) is 1. The van der Waals surface area contributed by atoms with Gasteiger partial charge >= 0.3 is 5.97 Å². The van der Waals surface area contributed by atoms with E-state index < -0.39 is 11.9 Å². The van der Waals surface area contributed by atoms with E-state index in [2.05, 4.69) is 5.32 Å². The molecule has 1 aliphatic rings. The van der Waals surface area contributed by atoms with E-state index in [0.717, 1.165) is 0 Å². The molecule has 7 heteroatoms. The molecule has 0 bridgehead atoms. The highest BCUT2D eigenvalue weighted by molar-refractivity contribution is 6.09. The number of nitrogens with one attached hydrogen (secondary N) is 1. The minimum absolute atomic E-state index is 0.0660. The number of rotatable bonds is 7. The predicted octanol–water partition coefficient (Wildman–Crippen LogP) is 1.55. The fourth-order valence-electron chi connectivity index (χ4n) is 2.54. The molecule has 1 unspecified atom stereocenters. The number of benzene rings is 1. The van der Waals surface area contributed by atoms with Crippen LogP contribution in [0.3, 0.4) is 0 Å². The Balaban J connectivity index is 1.82. The van der Waals surface area contributed by atoms with Gasteiger partial charge < -0.3 is 15.3 Å². The fraction of sp³-hybridized carbons (Fsp3) is 0.438. The SMILES string of the molecule is O=C(O)CCCCNC(=O)C1CCN(c2ccc(F)cc2)C1=O. The van der Waals surface area contributed by atoms with Gasteiger partial charge in [0.05, 0.1) is 0 Å². The maximum absolute atomic E-state index is 12.9. The molecule has 23 heavy (non-hydrogen) atoms. The molecular weight excluding hydrogens is 303 g/mol. The van der Waals surface area contributed by atoms with Crippen molar-refractivity contribution in [2.24, 2.45) is 5.92 Å². The lowest BCUT2D eigenvalue weighted by Crippen LogP contribution is -2.37. The summed E-state index contributed by atoms with van der Waals surface area (Å²) in [5.41, 5.74) is 0.577. The lowest BCUT2D eigenvalue weighted by atomic mass is 10.1. The molecule has 2 amide bonds. The average molecular weight is 322 g/mol. The molecule has 6 nitrogen and oxygen atoms in total. The highest BCUT2D eigenvalue weighted by atomic mass is 19.1. The molecule has 0 spiro atoms. The second kappa shape index (κ2) is 7.71. The molecule has 2 N–H and O–H groups in total. The van der Waals surface area contributed by atoms with Crippen molar-refractivity contribution in [3.8, 4) is 0 Å². The molecule has 0 aliphatic carbocycles. The van der Waals surface area contributed by atoms with Crippen LogP contribution in [0.25, 0.3) is 0 Å². The van der Waals surface area contributed by atoms with Crippen molar-refractivity contribution in [1.29, 1.82) is 0 Å². The smallest absolute Gasteiger partial charge is 0.303 e. The number of amides is 2. The molecule has 1 aliphatic heterocycles. The van der Waals surface area contributed by atoms with Gasteiger partial charge in [0.2, 0.25) is 11.8 Å². The first-order valence-electron chi connectivity index (χ1n) is 7.55. The second-order valence-corrected chi connectivity index (χ2v) is 5.45. The Morgan fingerprint density at radius 2 is 1.96 bits per heavy atom. The zero-order valence-corrected chi connectivity index (χ0v) is 12.6. The fourth-order valence-corrected chi connectivity index (χ4v) is 2.54. The minimum atomic E-state index is -0.864. The summed E-state index contributed by atoms with van der Waals surface area (Å²) in [6, 6.07) is 5.58. The van der Waals surface area contributed by atoms with E-state index in [1.807, 2.05) is 0 Å². The first-order chi connectivity index (χ1) is 11.0. The van der Waals surface area contributed by atoms with E-state index in [-0.39, 0.29) is 24.1 Å². The van der Waals surface area contributed by atoms with Crippen molar-refractivity contribution in [1.82, 2.24) is 5.32 Å². The van der Waals surface area contributed by atoms with E-state index in [9.17, 15) is 18.8 Å². The predicted molar refractivity (Wildman–Crippen MR) is 81.4 cm³/mol. The van der Waals surface area contributed by atoms with Crippen LogP contribution in [0.1, 0.15) is 25.7 Å². The largest absolute Gasteiger partial charge is 0.481 e. The number of nitrogens with zero attached hydrogens (tertiary/aromatic N) is 1. The summed E-state index contributed by atoms with van der Waals surface area (Å²) >= 11 is 0. The molecule has 124 valence electrons. The van der Waals surface area contributed by atoms with Crippen LogP contribution in [0, 0.1) is 11.7 Å². The van der Waals surface area contributed by atoms with Crippen LogP contribution < -0.4 is 10.2 Å². The summed E-state index contributed by atoms with van der Waals surface area (Å²) in [5, 5.41) is 11.2. The van der Waals surface area contributed by atoms with E-state index in [1.165, 1.54) is 29.2 Å². The van der Waals surface area contributed by atoms with Crippen LogP contribution >= 0.6 is 0 Å². The lowest BCUT2D eigenvalue weighted by Gasteiger charge is -2.16. The van der Waals surface area contributed by atoms with Gasteiger partial charge in [0, 0.05) is 25.2 Å². The Kier molecular flexibility index (Phi) is 5.67. The number of anilines is 1. The molecule has 1 atom stereocenters. The van der Waals surface area contributed by atoms with Crippen molar-refractivity contribution in [3.63, 3.8) is 0 Å². The Hall–Kier alpha value is -2.44. The van der Waals surface area contributed by atoms with Crippen LogP contribution in [0.15, 0.2) is 24.3 Å². The molecule has 0 radical (unpaired) electrons. The third kappa shape index (κ3) is 4.51. The van der Waals surface area contributed by atoms with Gasteiger partial charge in [-0.3, -0.25) is 14.4 Å². The first kappa shape index (κ1) is 16.9. The summed E-state index contributed by atoms with van der Waals surface area (Å²) < 4.78 is 12.9. The number of halogens is 1. The summed E-state index contributed by atoms with van der Waals surface area (Å²) in [6.45, 7) is 0.772. The van der Waals surface area contributed by atoms with Gasteiger partial charge in [-0.1, -0.05) is 0 Å². The van der Waals surface area contributed by atoms with Gasteiger partial charge in [-0.2, -0.15) is 0 Å². The molecule has 1 aromatic carbocycles. The van der Waals surface area contributed by atoms with Gasteiger partial charge in [-0.15, -0.1) is 0 Å². The van der Waals surface area contributed by atoms with E-state index in [1.54, 1.807) is 0 Å². The highest BCUT2D eigenvalue weighted by Gasteiger charge is 2.37. The molecule has 1 saturated heterocycles. The molecule has 2 rings (SSSR count). The van der Waals surface area contributed by atoms with Crippen LogP contribution in [0.2, 0.25) is 0 Å². The lowest BCUT2D eigenvalue weighted by molar-refractivity contribution is -0.137. The number of hydrogen-bond acceptors (Lipinski definition) is 3. The summed E-state index contributed by atoms with van der Waals surface area (Å²) in [4.78, 5) is 36.2. The number of carboxylic acids is 1. The molecular formula is C16H19FN2O4. The van der Waals surface area contributed by atoms with Crippen molar-refractivity contribution in [2.75, 3.05) is 18.0 Å². The topological polar surface area (TPSA) is 86.7 Å². The maximum atomic E-state index is 12.9. The second-order valence-electron chi connectivity index (χ2n) is 5.45. The summed E-state index contributed by atoms with van der Waals surface area (Å²) in [5.74, 6) is -2.61. The summed E-state index contributed by atoms with van der Waals surface area (Å²) in [6.07, 6.45) is 1.52. The van der Waals surface area contributed by atoms with E-state index in [0.29, 0.717) is 38.0 Å². The standard InChI is InChI=1S/C16H19FN2O4/c17-11-4-6-12(7-5-11)19-10-8-13(16(19)23)15(22)18-9-2-1-3-14(20)21/h4-7,13H,1-3,8-10H2,(H,18,22)(H,20,21). The van der Waals surface area contributed by atoms with Crippen LogP contribution in [0.5, 0.6) is 0 Å². The molecule has 0 saturated carbocycles. The quantitative estimate of drug-likeness (QED) is 0.589. The first-order valence-corrected chi connectivity index (χ1v) is 7.55. The number of hydrogen-bond donors (Lipinski definition) is 2. The van der Waals surface area contributed by atoms with Gasteiger partial charge in [0.15, 0.2) is 0 Å². The van der Waals surface area contributed by atoms with E-state index >= 15 is 0 Å². The number of carbonyl (C=O) groups excluding carboxylic acids is 2. The Morgan fingerprint density at radius 1 is 1.26 bits per heavy atom. The number of aliphatic carboxylic acids is 1. The van der Waals surface area contributed by atoms with Gasteiger partial charge in [0.25, 0.3) is 0 Å². The van der Waals surface area contributed by atoms with Crippen LogP contribution in [-0.2, 0) is 14.4 Å². The highest BCUT2D eigenvalue weighted by Crippen LogP contribution is 2.25. The maximum Gasteiger partial charge on any atom is 0.303 e. The Labute approximate surface area is 133 Å². The van der Waals surface area contributed by atoms with Gasteiger partial charge in [0.1, 0.15) is 11.7 Å². The van der Waals surface area contributed by atoms with Crippen LogP contribution in [0.4, 0.5) is 10.1 Å². The average Bonchev–Trinajstić information content (AvgIpc) is 2.89. The third-order valence-corrected chi connectivity index (χ3v) is 3.78. The molecule has 1 aromatic rings. The van der Waals surface area contributed by atoms with Crippen molar-refractivity contribution < 1.29 is 23.9 Å². The molecule has 1 heterocycles. The van der Waals surface area contributed by atoms with Crippen molar-refractivity contribution in [2.45, 2.75) is 25.7 Å². The number of unbranched alkanes of at least 4 members (excludes halogenated alkanes) is 1. The monoisotopic (exact) mass is 322 g/mol. The van der Waals surface area contributed by atoms with Crippen molar-refractivity contribution >= 4 is 23.5 Å². The number of carbonyl (C=O) groups is 3. The van der Waals surface area contributed by atoms with Gasteiger partial charge in [-0.25, -0.2) is 4.39 Å². The summed E-state index contributed by atoms with van der Waals surface area (Å²) in [7, 11) is 0.